The number of hydrogen-bond donors (Lipinski definition) is 1. The smallest absolute Gasteiger partial charge is 0.230 e. The van der Waals surface area contributed by atoms with Crippen LogP contribution in [-0.4, -0.2) is 11.7 Å². The minimum atomic E-state index is 0.0132. The molecule has 138 valence electrons. The van der Waals surface area contributed by atoms with Gasteiger partial charge in [0.1, 0.15) is 0 Å². The molecule has 2 nitrogen and oxygen atoms in total. The lowest BCUT2D eigenvalue weighted by molar-refractivity contribution is -0.119. The highest BCUT2D eigenvalue weighted by atomic mass is 35.5. The van der Waals surface area contributed by atoms with Crippen LogP contribution in [0, 0.1) is 0 Å². The molecule has 5 heteroatoms. The highest BCUT2D eigenvalue weighted by Gasteiger charge is 2.14. The van der Waals surface area contributed by atoms with Crippen molar-refractivity contribution in [1.29, 1.82) is 0 Å². The summed E-state index contributed by atoms with van der Waals surface area (Å²) in [6.45, 7) is 2.04. The Morgan fingerprint density at radius 3 is 2.54 bits per heavy atom. The number of benzene rings is 2. The van der Waals surface area contributed by atoms with Gasteiger partial charge in [0.05, 0.1) is 11.8 Å². The summed E-state index contributed by atoms with van der Waals surface area (Å²) in [7, 11) is 0. The van der Waals surface area contributed by atoms with E-state index >= 15 is 0 Å². The minimum absolute atomic E-state index is 0.0132. The van der Waals surface area contributed by atoms with E-state index in [-0.39, 0.29) is 11.9 Å². The van der Waals surface area contributed by atoms with Crippen molar-refractivity contribution in [1.82, 2.24) is 5.32 Å². The first-order valence-corrected chi connectivity index (χ1v) is 10.9. The Morgan fingerprint density at radius 2 is 1.81 bits per heavy atom. The molecule has 1 aliphatic carbocycles. The second-order valence-electron chi connectivity index (χ2n) is 6.72. The van der Waals surface area contributed by atoms with Crippen LogP contribution in [0.2, 0.25) is 10.0 Å². The molecular formula is C21H23Cl2NOS. The first-order chi connectivity index (χ1) is 12.5. The van der Waals surface area contributed by atoms with Crippen molar-refractivity contribution in [2.45, 2.75) is 44.4 Å². The quantitative estimate of drug-likeness (QED) is 0.637. The molecule has 0 spiro atoms. The van der Waals surface area contributed by atoms with Gasteiger partial charge in [-0.3, -0.25) is 4.79 Å². The number of carbonyl (C=O) groups is 1. The van der Waals surface area contributed by atoms with Crippen LogP contribution in [0.25, 0.3) is 0 Å². The van der Waals surface area contributed by atoms with E-state index < -0.39 is 0 Å². The van der Waals surface area contributed by atoms with Crippen molar-refractivity contribution in [3.8, 4) is 0 Å². The average Bonchev–Trinajstić information content (AvgIpc) is 2.63. The molecule has 26 heavy (non-hydrogen) atoms. The van der Waals surface area contributed by atoms with Crippen LogP contribution in [0.5, 0.6) is 0 Å². The number of nitrogens with one attached hydrogen (secondary N) is 1. The van der Waals surface area contributed by atoms with Crippen molar-refractivity contribution >= 4 is 40.9 Å². The number of rotatable bonds is 6. The maximum atomic E-state index is 12.3. The molecule has 0 saturated heterocycles. The van der Waals surface area contributed by atoms with Crippen molar-refractivity contribution in [2.24, 2.45) is 0 Å². The van der Waals surface area contributed by atoms with Gasteiger partial charge in [0.25, 0.3) is 0 Å². The SMILES string of the molecule is CC(NC(=O)CSCc1c(Cl)cccc1Cl)c1ccc2c(c1)CCCC2. The first-order valence-electron chi connectivity index (χ1n) is 8.96. The molecule has 1 N–H and O–H groups in total. The van der Waals surface area contributed by atoms with E-state index in [1.165, 1.54) is 47.7 Å². The Kier molecular flexibility index (Phi) is 6.91. The van der Waals surface area contributed by atoms with Gasteiger partial charge in [0.2, 0.25) is 5.91 Å². The molecule has 0 fully saturated rings. The fourth-order valence-corrected chi connectivity index (χ4v) is 4.88. The lowest BCUT2D eigenvalue weighted by Gasteiger charge is -2.20. The third-order valence-corrected chi connectivity index (χ3v) is 6.46. The number of fused-ring (bicyclic) bond motifs is 1. The summed E-state index contributed by atoms with van der Waals surface area (Å²) in [4.78, 5) is 12.3. The topological polar surface area (TPSA) is 29.1 Å². The second-order valence-corrected chi connectivity index (χ2v) is 8.52. The molecule has 0 heterocycles. The number of amides is 1. The zero-order valence-corrected chi connectivity index (χ0v) is 17.2. The fourth-order valence-electron chi connectivity index (χ4n) is 3.31. The average molecular weight is 408 g/mol. The van der Waals surface area contributed by atoms with Crippen molar-refractivity contribution in [3.05, 3.63) is 68.7 Å². The van der Waals surface area contributed by atoms with Crippen LogP contribution in [0.4, 0.5) is 0 Å². The van der Waals surface area contributed by atoms with Crippen LogP contribution < -0.4 is 5.32 Å². The number of thioether (sulfide) groups is 1. The molecule has 0 bridgehead atoms. The number of carbonyl (C=O) groups excluding carboxylic acids is 1. The van der Waals surface area contributed by atoms with Gasteiger partial charge >= 0.3 is 0 Å². The van der Waals surface area contributed by atoms with E-state index in [0.717, 1.165) is 12.0 Å². The summed E-state index contributed by atoms with van der Waals surface area (Å²) in [5.74, 6) is 1.04. The van der Waals surface area contributed by atoms with E-state index in [2.05, 4.69) is 23.5 Å². The van der Waals surface area contributed by atoms with Gasteiger partial charge in [-0.25, -0.2) is 0 Å². The van der Waals surface area contributed by atoms with Gasteiger partial charge in [0, 0.05) is 15.8 Å². The number of halogens is 2. The van der Waals surface area contributed by atoms with Gasteiger partial charge in [-0.15, -0.1) is 11.8 Å². The summed E-state index contributed by atoms with van der Waals surface area (Å²) >= 11 is 13.9. The van der Waals surface area contributed by atoms with E-state index in [1.54, 1.807) is 0 Å². The van der Waals surface area contributed by atoms with Crippen molar-refractivity contribution < 1.29 is 4.79 Å². The largest absolute Gasteiger partial charge is 0.349 e. The predicted molar refractivity (Wildman–Crippen MR) is 112 cm³/mol. The molecule has 1 amide bonds. The summed E-state index contributed by atoms with van der Waals surface area (Å²) < 4.78 is 0. The molecule has 1 unspecified atom stereocenters. The normalized spacial score (nSPS) is 14.6. The molecule has 2 aromatic carbocycles. The molecule has 2 aromatic rings. The molecule has 1 atom stereocenters. The Morgan fingerprint density at radius 1 is 1.12 bits per heavy atom. The monoisotopic (exact) mass is 407 g/mol. The molecule has 0 aliphatic heterocycles. The second kappa shape index (κ2) is 9.16. The number of hydrogen-bond acceptors (Lipinski definition) is 2. The summed E-state index contributed by atoms with van der Waals surface area (Å²) in [5, 5.41) is 4.39. The van der Waals surface area contributed by atoms with E-state index in [0.29, 0.717) is 21.6 Å². The lowest BCUT2D eigenvalue weighted by Crippen LogP contribution is -2.28. The highest BCUT2D eigenvalue weighted by molar-refractivity contribution is 7.99. The standard InChI is InChI=1S/C21H23Cl2NOS/c1-14(16-10-9-15-5-2-3-6-17(15)11-16)24-21(25)13-26-12-18-19(22)7-4-8-20(18)23/h4,7-11,14H,2-3,5-6,12-13H2,1H3,(H,24,25). The summed E-state index contributed by atoms with van der Waals surface area (Å²) in [6, 6.07) is 12.1. The molecular weight excluding hydrogens is 385 g/mol. The first kappa shape index (κ1) is 19.6. The summed E-state index contributed by atoms with van der Waals surface area (Å²) in [6.07, 6.45) is 4.87. The van der Waals surface area contributed by atoms with E-state index in [1.807, 2.05) is 25.1 Å². The van der Waals surface area contributed by atoms with Crippen LogP contribution in [0.3, 0.4) is 0 Å². The third-order valence-electron chi connectivity index (χ3n) is 4.79. The Hall–Kier alpha value is -1.16. The maximum absolute atomic E-state index is 12.3. The van der Waals surface area contributed by atoms with Gasteiger partial charge in [0.15, 0.2) is 0 Å². The Balaban J connectivity index is 1.51. The van der Waals surface area contributed by atoms with Gasteiger partial charge in [-0.05, 0) is 67.0 Å². The van der Waals surface area contributed by atoms with E-state index in [9.17, 15) is 4.79 Å². The van der Waals surface area contributed by atoms with Crippen molar-refractivity contribution in [3.63, 3.8) is 0 Å². The van der Waals surface area contributed by atoms with Crippen LogP contribution in [0.1, 0.15) is 48.1 Å². The van der Waals surface area contributed by atoms with Gasteiger partial charge < -0.3 is 5.32 Å². The zero-order valence-electron chi connectivity index (χ0n) is 14.9. The van der Waals surface area contributed by atoms with Gasteiger partial charge in [-0.2, -0.15) is 0 Å². The zero-order chi connectivity index (χ0) is 18.5. The van der Waals surface area contributed by atoms with Crippen LogP contribution >= 0.6 is 35.0 Å². The molecule has 1 aliphatic rings. The minimum Gasteiger partial charge on any atom is -0.349 e. The van der Waals surface area contributed by atoms with Crippen molar-refractivity contribution in [2.75, 3.05) is 5.75 Å². The van der Waals surface area contributed by atoms with Crippen LogP contribution in [0.15, 0.2) is 36.4 Å². The summed E-state index contributed by atoms with van der Waals surface area (Å²) in [5.41, 5.74) is 4.97. The van der Waals surface area contributed by atoms with E-state index in [4.69, 9.17) is 23.2 Å². The maximum Gasteiger partial charge on any atom is 0.230 e. The fraction of sp³-hybridized carbons (Fsp3) is 0.381. The highest BCUT2D eigenvalue weighted by Crippen LogP contribution is 2.28. The third kappa shape index (κ3) is 4.97. The van der Waals surface area contributed by atoms with Crippen LogP contribution in [-0.2, 0) is 23.4 Å². The predicted octanol–water partition coefficient (Wildman–Crippen LogP) is 5.98. The Labute approximate surface area is 169 Å². The number of aryl methyl sites for hydroxylation is 2. The molecule has 3 rings (SSSR count). The van der Waals surface area contributed by atoms with Gasteiger partial charge in [-0.1, -0.05) is 47.5 Å². The lowest BCUT2D eigenvalue weighted by atomic mass is 9.89. The molecule has 0 saturated carbocycles. The molecule has 0 radical (unpaired) electrons. The Bertz CT molecular complexity index is 773. The molecule has 0 aromatic heterocycles.